The van der Waals surface area contributed by atoms with Crippen LogP contribution in [0.25, 0.3) is 22.0 Å². The molecule has 128 valence electrons. The van der Waals surface area contributed by atoms with Gasteiger partial charge in [0.15, 0.2) is 0 Å². The summed E-state index contributed by atoms with van der Waals surface area (Å²) in [5.74, 6) is -1.56. The number of nitrogens with zero attached hydrogens (tertiary/aromatic N) is 2. The summed E-state index contributed by atoms with van der Waals surface area (Å²) in [6.45, 7) is 0. The molecule has 2 heterocycles. The normalized spacial score (nSPS) is 14.2. The van der Waals surface area contributed by atoms with Gasteiger partial charge in [0.05, 0.1) is 16.1 Å². The number of nitro benzene ring substituents is 1. The van der Waals surface area contributed by atoms with Crippen molar-refractivity contribution in [1.29, 1.82) is 0 Å². The molecule has 1 aliphatic rings. The van der Waals surface area contributed by atoms with Gasteiger partial charge in [0.2, 0.25) is 0 Å². The zero-order chi connectivity index (χ0) is 18.4. The van der Waals surface area contributed by atoms with Crippen LogP contribution in [-0.2, 0) is 21.4 Å². The maximum atomic E-state index is 12.4. The van der Waals surface area contributed by atoms with Crippen LogP contribution >= 0.6 is 0 Å². The highest BCUT2D eigenvalue weighted by molar-refractivity contribution is 6.45. The van der Waals surface area contributed by atoms with Crippen LogP contribution in [-0.4, -0.2) is 21.4 Å². The highest BCUT2D eigenvalue weighted by Gasteiger charge is 2.36. The standard InChI is InChI=1S/C19H12N2O5/c1-20-10-14(13-7-2-3-8-15(13)20)17-16(18(22)26-19(17)23)11-5-4-6-12(9-11)21(24)25/h2-10H,1H3. The predicted octanol–water partition coefficient (Wildman–Crippen LogP) is 3.08. The summed E-state index contributed by atoms with van der Waals surface area (Å²) in [6.07, 6.45) is 1.75. The number of rotatable bonds is 3. The number of hydrogen-bond acceptors (Lipinski definition) is 5. The summed E-state index contributed by atoms with van der Waals surface area (Å²) in [6, 6.07) is 13.1. The molecule has 1 aliphatic heterocycles. The van der Waals surface area contributed by atoms with Gasteiger partial charge in [-0.1, -0.05) is 30.3 Å². The van der Waals surface area contributed by atoms with E-state index in [0.29, 0.717) is 5.56 Å². The Kier molecular flexibility index (Phi) is 3.43. The molecule has 0 spiro atoms. The smallest absolute Gasteiger partial charge is 0.347 e. The molecule has 0 radical (unpaired) electrons. The number of ether oxygens (including phenoxy) is 1. The first-order chi connectivity index (χ1) is 12.5. The second kappa shape index (κ2) is 5.66. The Bertz CT molecular complexity index is 1140. The molecule has 2 aromatic carbocycles. The van der Waals surface area contributed by atoms with Gasteiger partial charge in [0.25, 0.3) is 5.69 Å². The first-order valence-electron chi connectivity index (χ1n) is 7.77. The summed E-state index contributed by atoms with van der Waals surface area (Å²) < 4.78 is 6.67. The van der Waals surface area contributed by atoms with Crippen molar-refractivity contribution in [1.82, 2.24) is 4.57 Å². The third kappa shape index (κ3) is 2.29. The molecule has 7 nitrogen and oxygen atoms in total. The molecule has 7 heteroatoms. The van der Waals surface area contributed by atoms with Gasteiger partial charge in [-0.25, -0.2) is 9.59 Å². The molecule has 0 atom stereocenters. The lowest BCUT2D eigenvalue weighted by Crippen LogP contribution is -2.02. The fourth-order valence-corrected chi connectivity index (χ4v) is 3.21. The van der Waals surface area contributed by atoms with Crippen LogP contribution in [0.3, 0.4) is 0 Å². The van der Waals surface area contributed by atoms with Gasteiger partial charge >= 0.3 is 11.9 Å². The second-order valence-electron chi connectivity index (χ2n) is 5.91. The summed E-state index contributed by atoms with van der Waals surface area (Å²) >= 11 is 0. The maximum Gasteiger partial charge on any atom is 0.347 e. The van der Waals surface area contributed by atoms with Crippen molar-refractivity contribution in [3.8, 4) is 0 Å². The van der Waals surface area contributed by atoms with Crippen molar-refractivity contribution in [3.63, 3.8) is 0 Å². The largest absolute Gasteiger partial charge is 0.386 e. The van der Waals surface area contributed by atoms with E-state index in [-0.39, 0.29) is 22.4 Å². The Morgan fingerprint density at radius 3 is 2.50 bits per heavy atom. The van der Waals surface area contributed by atoms with E-state index in [0.717, 1.165) is 10.9 Å². The van der Waals surface area contributed by atoms with Crippen LogP contribution in [0.5, 0.6) is 0 Å². The molecule has 0 bridgehead atoms. The number of carbonyl (C=O) groups is 2. The number of aromatic nitrogens is 1. The van der Waals surface area contributed by atoms with Gasteiger partial charge in [-0.15, -0.1) is 0 Å². The number of carbonyl (C=O) groups excluding carboxylic acids is 2. The number of fused-ring (bicyclic) bond motifs is 1. The molecular weight excluding hydrogens is 336 g/mol. The number of aryl methyl sites for hydroxylation is 1. The van der Waals surface area contributed by atoms with Crippen molar-refractivity contribution < 1.29 is 19.2 Å². The zero-order valence-electron chi connectivity index (χ0n) is 13.6. The van der Waals surface area contributed by atoms with Crippen LogP contribution in [0.1, 0.15) is 11.1 Å². The minimum atomic E-state index is -0.807. The van der Waals surface area contributed by atoms with Gasteiger partial charge in [-0.05, 0) is 11.6 Å². The van der Waals surface area contributed by atoms with E-state index < -0.39 is 16.9 Å². The molecule has 0 fully saturated rings. The van der Waals surface area contributed by atoms with Crippen molar-refractivity contribution in [2.45, 2.75) is 0 Å². The molecule has 1 aromatic heterocycles. The highest BCUT2D eigenvalue weighted by atomic mass is 16.6. The van der Waals surface area contributed by atoms with Crippen molar-refractivity contribution in [2.24, 2.45) is 7.05 Å². The third-order valence-electron chi connectivity index (χ3n) is 4.36. The number of hydrogen-bond donors (Lipinski definition) is 0. The summed E-state index contributed by atoms with van der Waals surface area (Å²) in [5.41, 5.74) is 1.71. The Labute approximate surface area is 147 Å². The van der Waals surface area contributed by atoms with Crippen LogP contribution in [0.2, 0.25) is 0 Å². The number of benzene rings is 2. The third-order valence-corrected chi connectivity index (χ3v) is 4.36. The Morgan fingerprint density at radius 2 is 1.73 bits per heavy atom. The monoisotopic (exact) mass is 348 g/mol. The molecular formula is C19H12N2O5. The van der Waals surface area contributed by atoms with Crippen LogP contribution in [0.15, 0.2) is 54.7 Å². The Morgan fingerprint density at radius 1 is 1.00 bits per heavy atom. The number of esters is 2. The number of cyclic esters (lactones) is 2. The quantitative estimate of drug-likeness (QED) is 0.314. The average molecular weight is 348 g/mol. The van der Waals surface area contributed by atoms with E-state index in [1.165, 1.54) is 18.2 Å². The van der Waals surface area contributed by atoms with Crippen molar-refractivity contribution in [2.75, 3.05) is 0 Å². The minimum Gasteiger partial charge on any atom is -0.386 e. The molecule has 3 aromatic rings. The zero-order valence-corrected chi connectivity index (χ0v) is 13.6. The first-order valence-corrected chi connectivity index (χ1v) is 7.77. The van der Waals surface area contributed by atoms with E-state index in [1.54, 1.807) is 12.3 Å². The van der Waals surface area contributed by atoms with Crippen LogP contribution in [0.4, 0.5) is 5.69 Å². The molecule has 0 aliphatic carbocycles. The maximum absolute atomic E-state index is 12.4. The SMILES string of the molecule is Cn1cc(C2=C(c3cccc([N+](=O)[O-])c3)C(=O)OC2=O)c2ccccc21. The van der Waals surface area contributed by atoms with Gasteiger partial charge in [-0.3, -0.25) is 10.1 Å². The van der Waals surface area contributed by atoms with E-state index in [4.69, 9.17) is 4.74 Å². The summed E-state index contributed by atoms with van der Waals surface area (Å²) in [7, 11) is 1.83. The number of para-hydroxylation sites is 1. The van der Waals surface area contributed by atoms with Crippen molar-refractivity contribution >= 4 is 39.7 Å². The topological polar surface area (TPSA) is 91.4 Å². The van der Waals surface area contributed by atoms with E-state index in [2.05, 4.69) is 0 Å². The lowest BCUT2D eigenvalue weighted by atomic mass is 9.96. The van der Waals surface area contributed by atoms with Gasteiger partial charge in [-0.2, -0.15) is 0 Å². The molecule has 26 heavy (non-hydrogen) atoms. The van der Waals surface area contributed by atoms with Crippen molar-refractivity contribution in [3.05, 3.63) is 76.0 Å². The first kappa shape index (κ1) is 15.8. The van der Waals surface area contributed by atoms with Crippen LogP contribution in [0, 0.1) is 10.1 Å². The summed E-state index contributed by atoms with van der Waals surface area (Å²) in [4.78, 5) is 35.2. The van der Waals surface area contributed by atoms with Gasteiger partial charge < -0.3 is 9.30 Å². The average Bonchev–Trinajstić information content (AvgIpc) is 3.11. The fraction of sp³-hybridized carbons (Fsp3) is 0.0526. The van der Waals surface area contributed by atoms with Crippen LogP contribution < -0.4 is 0 Å². The highest BCUT2D eigenvalue weighted by Crippen LogP contribution is 2.38. The Hall–Kier alpha value is -3.74. The Balaban J connectivity index is 2.02. The van der Waals surface area contributed by atoms with Gasteiger partial charge in [0, 0.05) is 41.8 Å². The predicted molar refractivity (Wildman–Crippen MR) is 93.9 cm³/mol. The lowest BCUT2D eigenvalue weighted by molar-refractivity contribution is -0.384. The number of non-ortho nitro benzene ring substituents is 1. The summed E-state index contributed by atoms with van der Waals surface area (Å²) in [5, 5.41) is 11.8. The molecule has 0 N–H and O–H groups in total. The molecule has 0 unspecified atom stereocenters. The van der Waals surface area contributed by atoms with Gasteiger partial charge in [0.1, 0.15) is 0 Å². The van der Waals surface area contributed by atoms with E-state index in [1.807, 2.05) is 35.9 Å². The minimum absolute atomic E-state index is 0.0371. The second-order valence-corrected chi connectivity index (χ2v) is 5.91. The molecule has 0 saturated carbocycles. The number of nitro groups is 1. The molecule has 0 amide bonds. The van der Waals surface area contributed by atoms with E-state index in [9.17, 15) is 19.7 Å². The molecule has 4 rings (SSSR count). The fourth-order valence-electron chi connectivity index (χ4n) is 3.21. The van der Waals surface area contributed by atoms with E-state index >= 15 is 0 Å². The lowest BCUT2D eigenvalue weighted by Gasteiger charge is -2.02. The molecule has 0 saturated heterocycles.